The van der Waals surface area contributed by atoms with Gasteiger partial charge in [0.1, 0.15) is 10.7 Å². The van der Waals surface area contributed by atoms with Gasteiger partial charge in [-0.2, -0.15) is 0 Å². The average molecular weight is 500 g/mol. The van der Waals surface area contributed by atoms with Gasteiger partial charge in [0.25, 0.3) is 0 Å². The first-order valence-electron chi connectivity index (χ1n) is 12.4. The van der Waals surface area contributed by atoms with Crippen LogP contribution in [0, 0.1) is 0 Å². The molecule has 7 aromatic rings. The number of hydrogen-bond donors (Lipinski definition) is 0. The minimum atomic E-state index is -3.73. The van der Waals surface area contributed by atoms with E-state index >= 15 is 0 Å². The predicted molar refractivity (Wildman–Crippen MR) is 148 cm³/mol. The van der Waals surface area contributed by atoms with Crippen molar-refractivity contribution < 1.29 is 8.42 Å². The summed E-state index contributed by atoms with van der Waals surface area (Å²) in [5, 5.41) is 4.65. The van der Waals surface area contributed by atoms with Crippen LogP contribution in [0.15, 0.2) is 107 Å². The summed E-state index contributed by atoms with van der Waals surface area (Å²) in [6.07, 6.45) is 0.694. The van der Waals surface area contributed by atoms with Crippen LogP contribution in [0.4, 0.5) is 0 Å². The smallest absolute Gasteiger partial charge is 0.210 e. The molecule has 0 atom stereocenters. The van der Waals surface area contributed by atoms with Crippen molar-refractivity contribution in [3.8, 4) is 11.4 Å². The van der Waals surface area contributed by atoms with Crippen molar-refractivity contribution in [3.63, 3.8) is 0 Å². The van der Waals surface area contributed by atoms with E-state index in [-0.39, 0.29) is 0 Å². The molecule has 0 fully saturated rings. The average Bonchev–Trinajstić information content (AvgIpc) is 3.48. The van der Waals surface area contributed by atoms with Crippen molar-refractivity contribution in [1.29, 1.82) is 0 Å². The van der Waals surface area contributed by atoms with Crippen molar-refractivity contribution in [3.05, 3.63) is 103 Å². The molecule has 0 N–H and O–H groups in total. The number of sulfone groups is 1. The van der Waals surface area contributed by atoms with E-state index in [1.54, 1.807) is 12.1 Å². The first-order chi connectivity index (χ1) is 18.1. The molecule has 178 valence electrons. The first kappa shape index (κ1) is 20.7. The Morgan fingerprint density at radius 3 is 2.35 bits per heavy atom. The molecule has 2 aromatic heterocycles. The van der Waals surface area contributed by atoms with Gasteiger partial charge in [0.15, 0.2) is 0 Å². The van der Waals surface area contributed by atoms with Gasteiger partial charge in [0.05, 0.1) is 32.6 Å². The Labute approximate surface area is 213 Å². The van der Waals surface area contributed by atoms with Gasteiger partial charge in [-0.15, -0.1) is 0 Å². The molecule has 1 aliphatic heterocycles. The predicted octanol–water partition coefficient (Wildman–Crippen LogP) is 6.98. The standard InChI is InChI=1S/C31H21N3O2S/c1-2-29-32-23-17-20(18-28-31(23)34(29)25-13-7-8-14-27(25)37(28,35)36)33-24-12-6-5-11-22(24)30-21-10-4-3-9-19(21)15-16-26(30)33/h3-18H,2H2,1H3. The summed E-state index contributed by atoms with van der Waals surface area (Å²) in [6, 6.07) is 32.0. The van der Waals surface area contributed by atoms with E-state index in [2.05, 4.69) is 66.1 Å². The molecule has 0 bridgehead atoms. The van der Waals surface area contributed by atoms with E-state index in [4.69, 9.17) is 4.98 Å². The third-order valence-corrected chi connectivity index (χ3v) is 9.41. The Bertz CT molecular complexity index is 2200. The van der Waals surface area contributed by atoms with Crippen molar-refractivity contribution in [1.82, 2.24) is 14.1 Å². The Hall–Kier alpha value is -4.42. The molecule has 0 saturated carbocycles. The molecule has 8 rings (SSSR count). The van der Waals surface area contributed by atoms with Crippen LogP contribution < -0.4 is 0 Å². The third kappa shape index (κ3) is 2.58. The lowest BCUT2D eigenvalue weighted by atomic mass is 10.0. The Morgan fingerprint density at radius 2 is 1.49 bits per heavy atom. The lowest BCUT2D eigenvalue weighted by Crippen LogP contribution is -2.16. The van der Waals surface area contributed by atoms with Gasteiger partial charge in [0.2, 0.25) is 9.84 Å². The number of imidazole rings is 1. The molecule has 3 heterocycles. The third-order valence-electron chi connectivity index (χ3n) is 7.59. The molecule has 0 aliphatic carbocycles. The molecule has 5 aromatic carbocycles. The Kier molecular flexibility index (Phi) is 3.97. The highest BCUT2D eigenvalue weighted by atomic mass is 32.2. The van der Waals surface area contributed by atoms with Crippen LogP contribution in [-0.2, 0) is 16.3 Å². The molecule has 0 spiro atoms. The summed E-state index contributed by atoms with van der Waals surface area (Å²) < 4.78 is 32.1. The van der Waals surface area contributed by atoms with E-state index < -0.39 is 9.84 Å². The monoisotopic (exact) mass is 499 g/mol. The number of benzene rings is 5. The largest absolute Gasteiger partial charge is 0.309 e. The Balaban J connectivity index is 1.55. The number of para-hydroxylation sites is 2. The van der Waals surface area contributed by atoms with Crippen LogP contribution in [0.3, 0.4) is 0 Å². The van der Waals surface area contributed by atoms with E-state index in [9.17, 15) is 8.42 Å². The molecule has 1 aliphatic rings. The zero-order valence-corrected chi connectivity index (χ0v) is 20.8. The van der Waals surface area contributed by atoms with Crippen molar-refractivity contribution in [2.24, 2.45) is 0 Å². The molecule has 6 heteroatoms. The van der Waals surface area contributed by atoms with E-state index in [1.165, 1.54) is 10.8 Å². The SMILES string of the molecule is CCc1nc2cc(-n3c4ccccc4c4c5ccccc5ccc43)cc3c2n1-c1ccccc1S3(=O)=O. The van der Waals surface area contributed by atoms with Crippen LogP contribution >= 0.6 is 0 Å². The number of rotatable bonds is 2. The van der Waals surface area contributed by atoms with Crippen molar-refractivity contribution in [2.75, 3.05) is 0 Å². The summed E-state index contributed by atoms with van der Waals surface area (Å²) in [5.41, 5.74) is 4.88. The lowest BCUT2D eigenvalue weighted by Gasteiger charge is -2.21. The Morgan fingerprint density at radius 1 is 0.730 bits per heavy atom. The maximum atomic E-state index is 14.0. The highest BCUT2D eigenvalue weighted by Gasteiger charge is 2.34. The molecule has 5 nitrogen and oxygen atoms in total. The molecule has 0 saturated heterocycles. The van der Waals surface area contributed by atoms with Crippen LogP contribution in [0.5, 0.6) is 0 Å². The van der Waals surface area contributed by atoms with E-state index in [1.807, 2.05) is 34.9 Å². The lowest BCUT2D eigenvalue weighted by molar-refractivity contribution is 0.594. The number of nitrogens with zero attached hydrogens (tertiary/aromatic N) is 3. The fourth-order valence-corrected chi connectivity index (χ4v) is 7.70. The quantitative estimate of drug-likeness (QED) is 0.258. The second-order valence-electron chi connectivity index (χ2n) is 9.53. The van der Waals surface area contributed by atoms with Gasteiger partial charge in [-0.3, -0.25) is 4.57 Å². The van der Waals surface area contributed by atoms with Crippen molar-refractivity contribution >= 4 is 53.4 Å². The topological polar surface area (TPSA) is 56.9 Å². The zero-order chi connectivity index (χ0) is 24.9. The summed E-state index contributed by atoms with van der Waals surface area (Å²) in [6.45, 7) is 2.05. The summed E-state index contributed by atoms with van der Waals surface area (Å²) in [7, 11) is -3.73. The minimum Gasteiger partial charge on any atom is -0.309 e. The van der Waals surface area contributed by atoms with Gasteiger partial charge in [-0.05, 0) is 47.2 Å². The second kappa shape index (κ2) is 7.08. The molecule has 0 amide bonds. The fraction of sp³-hybridized carbons (Fsp3) is 0.0645. The maximum Gasteiger partial charge on any atom is 0.210 e. The van der Waals surface area contributed by atoms with Gasteiger partial charge in [-0.1, -0.05) is 67.6 Å². The molecule has 37 heavy (non-hydrogen) atoms. The minimum absolute atomic E-state index is 0.303. The summed E-state index contributed by atoms with van der Waals surface area (Å²) >= 11 is 0. The molecule has 0 unspecified atom stereocenters. The van der Waals surface area contributed by atoms with E-state index in [0.717, 1.165) is 33.3 Å². The highest BCUT2D eigenvalue weighted by molar-refractivity contribution is 7.92. The van der Waals surface area contributed by atoms with Gasteiger partial charge < -0.3 is 4.57 Å². The van der Waals surface area contributed by atoms with Crippen LogP contribution in [-0.4, -0.2) is 22.5 Å². The van der Waals surface area contributed by atoms with E-state index in [0.29, 0.717) is 32.9 Å². The van der Waals surface area contributed by atoms with Gasteiger partial charge >= 0.3 is 0 Å². The highest BCUT2D eigenvalue weighted by Crippen LogP contribution is 2.42. The number of aromatic nitrogens is 3. The van der Waals surface area contributed by atoms with Crippen LogP contribution in [0.1, 0.15) is 12.7 Å². The molecular weight excluding hydrogens is 478 g/mol. The van der Waals surface area contributed by atoms with Crippen LogP contribution in [0.2, 0.25) is 0 Å². The molecule has 0 radical (unpaired) electrons. The second-order valence-corrected chi connectivity index (χ2v) is 11.4. The van der Waals surface area contributed by atoms with Crippen molar-refractivity contribution in [2.45, 2.75) is 23.1 Å². The normalized spacial score (nSPS) is 14.1. The van der Waals surface area contributed by atoms with Gasteiger partial charge in [-0.25, -0.2) is 13.4 Å². The summed E-state index contributed by atoms with van der Waals surface area (Å²) in [5.74, 6) is 0.851. The number of aryl methyl sites for hydroxylation is 1. The number of hydrogen-bond acceptors (Lipinski definition) is 3. The fourth-order valence-electron chi connectivity index (χ4n) is 6.04. The van der Waals surface area contributed by atoms with Gasteiger partial charge in [0, 0.05) is 22.9 Å². The molecular formula is C31H21N3O2S. The number of fused-ring (bicyclic) bond motifs is 7. The summed E-state index contributed by atoms with van der Waals surface area (Å²) in [4.78, 5) is 5.56. The first-order valence-corrected chi connectivity index (χ1v) is 13.9. The van der Waals surface area contributed by atoms with Crippen LogP contribution in [0.25, 0.3) is 55.0 Å². The maximum absolute atomic E-state index is 14.0. The zero-order valence-electron chi connectivity index (χ0n) is 20.0.